The molecule has 0 fully saturated rings. The number of para-hydroxylation sites is 2. The summed E-state index contributed by atoms with van der Waals surface area (Å²) in [6, 6.07) is 14.7. The lowest BCUT2D eigenvalue weighted by Crippen LogP contribution is -2.42. The Labute approximate surface area is 145 Å². The molecule has 0 aliphatic carbocycles. The molecule has 25 heavy (non-hydrogen) atoms. The minimum atomic E-state index is -0.378. The van der Waals surface area contributed by atoms with E-state index in [1.807, 2.05) is 18.2 Å². The average Bonchev–Trinajstić information content (AvgIpc) is 3.05. The lowest BCUT2D eigenvalue weighted by molar-refractivity contribution is -0.385. The van der Waals surface area contributed by atoms with Crippen LogP contribution in [-0.2, 0) is 13.0 Å². The molecule has 0 aromatic heterocycles. The molecule has 0 bridgehead atoms. The van der Waals surface area contributed by atoms with Crippen LogP contribution in [0.3, 0.4) is 0 Å². The second kappa shape index (κ2) is 7.65. The van der Waals surface area contributed by atoms with Gasteiger partial charge in [-0.1, -0.05) is 36.4 Å². The summed E-state index contributed by atoms with van der Waals surface area (Å²) >= 11 is 0. The fraction of sp³-hybridized carbons (Fsp3) is 0.278. The fourth-order valence-corrected chi connectivity index (χ4v) is 2.82. The molecule has 1 aliphatic rings. The Morgan fingerprint density at radius 1 is 1.24 bits per heavy atom. The van der Waals surface area contributed by atoms with Gasteiger partial charge in [-0.15, -0.1) is 0 Å². The number of nitro groups is 1. The lowest BCUT2D eigenvalue weighted by atomic mass is 10.1. The van der Waals surface area contributed by atoms with E-state index >= 15 is 0 Å². The Bertz CT molecular complexity index is 766. The largest absolute Gasteiger partial charge is 0.488 e. The topological polar surface area (TPSA) is 88.8 Å². The molecule has 0 spiro atoms. The van der Waals surface area contributed by atoms with Gasteiger partial charge in [0, 0.05) is 31.6 Å². The van der Waals surface area contributed by atoms with Gasteiger partial charge in [-0.2, -0.15) is 0 Å². The van der Waals surface area contributed by atoms with Gasteiger partial charge in [-0.25, -0.2) is 0 Å². The van der Waals surface area contributed by atoms with E-state index in [2.05, 4.69) is 21.7 Å². The lowest BCUT2D eigenvalue weighted by Gasteiger charge is -2.15. The molecule has 1 aliphatic heterocycles. The van der Waals surface area contributed by atoms with Crippen molar-refractivity contribution in [1.82, 2.24) is 10.6 Å². The zero-order chi connectivity index (χ0) is 17.6. The van der Waals surface area contributed by atoms with E-state index in [-0.39, 0.29) is 16.7 Å². The molecule has 0 saturated heterocycles. The number of fused-ring (bicyclic) bond motifs is 1. The van der Waals surface area contributed by atoms with Gasteiger partial charge in [0.05, 0.1) is 11.5 Å². The van der Waals surface area contributed by atoms with Crippen LogP contribution in [0.5, 0.6) is 5.75 Å². The summed E-state index contributed by atoms with van der Waals surface area (Å²) < 4.78 is 5.88. The Morgan fingerprint density at radius 3 is 2.76 bits per heavy atom. The van der Waals surface area contributed by atoms with Gasteiger partial charge in [0.25, 0.3) is 5.69 Å². The van der Waals surface area contributed by atoms with Crippen molar-refractivity contribution in [2.24, 2.45) is 4.99 Å². The van der Waals surface area contributed by atoms with E-state index in [1.165, 1.54) is 11.6 Å². The van der Waals surface area contributed by atoms with Crippen LogP contribution in [0, 0.1) is 10.1 Å². The van der Waals surface area contributed by atoms with Crippen LogP contribution >= 0.6 is 0 Å². The summed E-state index contributed by atoms with van der Waals surface area (Å²) in [5.41, 5.74) is 1.91. The zero-order valence-corrected chi connectivity index (χ0v) is 13.9. The molecule has 2 aromatic carbocycles. The first-order valence-electron chi connectivity index (χ1n) is 8.08. The first-order chi connectivity index (χ1) is 12.2. The third-order valence-corrected chi connectivity index (χ3v) is 4.07. The molecule has 1 unspecified atom stereocenters. The maximum Gasteiger partial charge on any atom is 0.274 e. The molecule has 3 rings (SSSR count). The second-order valence-electron chi connectivity index (χ2n) is 5.74. The Morgan fingerprint density at radius 2 is 2.00 bits per heavy atom. The number of nitro benzene ring substituents is 1. The Kier molecular flexibility index (Phi) is 5.13. The monoisotopic (exact) mass is 340 g/mol. The normalized spacial score (nSPS) is 16.0. The van der Waals surface area contributed by atoms with Crippen LogP contribution in [0.25, 0.3) is 0 Å². The molecule has 1 atom stereocenters. The highest BCUT2D eigenvalue weighted by Gasteiger charge is 2.22. The Balaban J connectivity index is 1.52. The smallest absolute Gasteiger partial charge is 0.274 e. The van der Waals surface area contributed by atoms with Crippen LogP contribution in [0.4, 0.5) is 5.69 Å². The highest BCUT2D eigenvalue weighted by Crippen LogP contribution is 2.27. The van der Waals surface area contributed by atoms with Crippen LogP contribution in [0.2, 0.25) is 0 Å². The zero-order valence-electron chi connectivity index (χ0n) is 13.9. The summed E-state index contributed by atoms with van der Waals surface area (Å²) in [5.74, 6) is 1.51. The number of benzene rings is 2. The maximum atomic E-state index is 11.1. The van der Waals surface area contributed by atoms with Crippen molar-refractivity contribution in [3.63, 3.8) is 0 Å². The van der Waals surface area contributed by atoms with Crippen molar-refractivity contribution in [3.8, 4) is 5.75 Å². The number of aliphatic imine (C=N–C) groups is 1. The van der Waals surface area contributed by atoms with E-state index in [4.69, 9.17) is 4.74 Å². The average molecular weight is 340 g/mol. The van der Waals surface area contributed by atoms with Gasteiger partial charge in [0.1, 0.15) is 11.9 Å². The van der Waals surface area contributed by atoms with E-state index in [1.54, 1.807) is 25.2 Å². The molecule has 7 heteroatoms. The molecule has 130 valence electrons. The molecule has 0 saturated carbocycles. The number of hydrogen-bond donors (Lipinski definition) is 2. The van der Waals surface area contributed by atoms with E-state index in [9.17, 15) is 10.1 Å². The van der Waals surface area contributed by atoms with Crippen molar-refractivity contribution < 1.29 is 9.66 Å². The molecule has 2 aromatic rings. The molecule has 2 N–H and O–H groups in total. The van der Waals surface area contributed by atoms with Crippen molar-refractivity contribution in [1.29, 1.82) is 0 Å². The summed E-state index contributed by atoms with van der Waals surface area (Å²) in [7, 11) is 1.67. The number of nitrogens with one attached hydrogen (secondary N) is 2. The van der Waals surface area contributed by atoms with Crippen LogP contribution in [-0.4, -0.2) is 30.6 Å². The minimum Gasteiger partial charge on any atom is -0.488 e. The number of hydrogen-bond acceptors (Lipinski definition) is 4. The number of ether oxygens (including phenoxy) is 1. The van der Waals surface area contributed by atoms with Gasteiger partial charge < -0.3 is 15.4 Å². The van der Waals surface area contributed by atoms with Crippen molar-refractivity contribution >= 4 is 11.6 Å². The third kappa shape index (κ3) is 4.06. The summed E-state index contributed by atoms with van der Waals surface area (Å²) in [5, 5.41) is 17.4. The van der Waals surface area contributed by atoms with E-state index < -0.39 is 0 Å². The first-order valence-corrected chi connectivity index (χ1v) is 8.08. The van der Waals surface area contributed by atoms with Crippen LogP contribution in [0.15, 0.2) is 53.5 Å². The SMILES string of the molecule is CN=C(NCc1ccccc1[N+](=O)[O-])NCC1Cc2ccccc2O1. The molecular weight excluding hydrogens is 320 g/mol. The maximum absolute atomic E-state index is 11.1. The first kappa shape index (κ1) is 16.8. The van der Waals surface area contributed by atoms with Gasteiger partial charge >= 0.3 is 0 Å². The predicted octanol–water partition coefficient (Wildman–Crippen LogP) is 2.26. The minimum absolute atomic E-state index is 0.0435. The van der Waals surface area contributed by atoms with Crippen molar-refractivity contribution in [2.75, 3.05) is 13.6 Å². The van der Waals surface area contributed by atoms with E-state index in [0.717, 1.165) is 12.2 Å². The van der Waals surface area contributed by atoms with Crippen molar-refractivity contribution in [2.45, 2.75) is 19.1 Å². The number of guanidine groups is 1. The van der Waals surface area contributed by atoms with Crippen molar-refractivity contribution in [3.05, 3.63) is 69.8 Å². The summed E-state index contributed by atoms with van der Waals surface area (Å²) in [6.07, 6.45) is 0.895. The van der Waals surface area contributed by atoms with Gasteiger partial charge in [-0.3, -0.25) is 15.1 Å². The quantitative estimate of drug-likeness (QED) is 0.377. The molecule has 7 nitrogen and oxygen atoms in total. The number of nitrogens with zero attached hydrogens (tertiary/aromatic N) is 2. The highest BCUT2D eigenvalue weighted by molar-refractivity contribution is 5.79. The summed E-state index contributed by atoms with van der Waals surface area (Å²) in [6.45, 7) is 0.924. The summed E-state index contributed by atoms with van der Waals surface area (Å²) in [4.78, 5) is 14.8. The third-order valence-electron chi connectivity index (χ3n) is 4.07. The van der Waals surface area contributed by atoms with Gasteiger partial charge in [0.2, 0.25) is 0 Å². The molecule has 1 heterocycles. The van der Waals surface area contributed by atoms with Gasteiger partial charge in [0.15, 0.2) is 5.96 Å². The van der Waals surface area contributed by atoms with E-state index in [0.29, 0.717) is 24.6 Å². The van der Waals surface area contributed by atoms with Crippen LogP contribution < -0.4 is 15.4 Å². The second-order valence-corrected chi connectivity index (χ2v) is 5.74. The number of rotatable bonds is 5. The predicted molar refractivity (Wildman–Crippen MR) is 95.9 cm³/mol. The molecule has 0 amide bonds. The standard InChI is InChI=1S/C18H20N4O3/c1-19-18(20-11-14-7-2-4-8-16(14)22(23)24)21-12-15-10-13-6-3-5-9-17(13)25-15/h2-9,15H,10-12H2,1H3,(H2,19,20,21). The van der Waals surface area contributed by atoms with Gasteiger partial charge in [-0.05, 0) is 11.6 Å². The molecular formula is C18H20N4O3. The highest BCUT2D eigenvalue weighted by atomic mass is 16.6. The molecule has 0 radical (unpaired) electrons. The Hall–Kier alpha value is -3.09. The fourth-order valence-electron chi connectivity index (χ4n) is 2.82. The van der Waals surface area contributed by atoms with Crippen LogP contribution in [0.1, 0.15) is 11.1 Å².